The minimum absolute atomic E-state index is 0.0182. The van der Waals surface area contributed by atoms with E-state index in [1.54, 1.807) is 24.3 Å². The number of hydrogen-bond donors (Lipinski definition) is 2. The fourth-order valence-corrected chi connectivity index (χ4v) is 3.72. The summed E-state index contributed by atoms with van der Waals surface area (Å²) in [6, 6.07) is 7.03. The standard InChI is InChI=1S/C21H32N2O3/c1-5-22-21(25)17-8-6-7-9-18(17)23-20(24)13-26-19-12-15(4)10-11-16(19)14(2)3/h6-9,14-16,19H,5,10-13H2,1-4H3,(H,22,25)(H,23,24). The van der Waals surface area contributed by atoms with E-state index in [9.17, 15) is 9.59 Å². The zero-order valence-corrected chi connectivity index (χ0v) is 16.4. The molecule has 26 heavy (non-hydrogen) atoms. The number of benzene rings is 1. The Morgan fingerprint density at radius 2 is 1.96 bits per heavy atom. The molecule has 5 heteroatoms. The van der Waals surface area contributed by atoms with Crippen molar-refractivity contribution >= 4 is 17.5 Å². The minimum Gasteiger partial charge on any atom is -0.368 e. The SMILES string of the molecule is CCNC(=O)c1ccccc1NC(=O)COC1CC(C)CCC1C(C)C. The summed E-state index contributed by atoms with van der Waals surface area (Å²) in [6.07, 6.45) is 3.52. The molecule has 2 rings (SSSR count). The topological polar surface area (TPSA) is 67.4 Å². The third-order valence-corrected chi connectivity index (χ3v) is 5.17. The van der Waals surface area contributed by atoms with Gasteiger partial charge in [0.15, 0.2) is 0 Å². The number of rotatable bonds is 7. The molecular formula is C21H32N2O3. The monoisotopic (exact) mass is 360 g/mol. The molecule has 1 saturated carbocycles. The van der Waals surface area contributed by atoms with Gasteiger partial charge in [0.05, 0.1) is 17.4 Å². The van der Waals surface area contributed by atoms with Crippen LogP contribution in [0.2, 0.25) is 0 Å². The van der Waals surface area contributed by atoms with Crippen LogP contribution < -0.4 is 10.6 Å². The van der Waals surface area contributed by atoms with Crippen LogP contribution in [0.5, 0.6) is 0 Å². The molecule has 144 valence electrons. The molecule has 1 aliphatic carbocycles. The molecule has 0 radical (unpaired) electrons. The van der Waals surface area contributed by atoms with Crippen molar-refractivity contribution in [3.63, 3.8) is 0 Å². The van der Waals surface area contributed by atoms with Crippen LogP contribution >= 0.6 is 0 Å². The van der Waals surface area contributed by atoms with E-state index in [4.69, 9.17) is 4.74 Å². The molecule has 0 saturated heterocycles. The highest BCUT2D eigenvalue weighted by Crippen LogP contribution is 2.35. The fourth-order valence-electron chi connectivity index (χ4n) is 3.72. The van der Waals surface area contributed by atoms with Gasteiger partial charge < -0.3 is 15.4 Å². The van der Waals surface area contributed by atoms with E-state index in [2.05, 4.69) is 31.4 Å². The highest BCUT2D eigenvalue weighted by atomic mass is 16.5. The predicted octanol–water partition coefficient (Wildman–Crippen LogP) is 3.85. The Morgan fingerprint density at radius 3 is 2.65 bits per heavy atom. The summed E-state index contributed by atoms with van der Waals surface area (Å²) in [5.41, 5.74) is 0.985. The zero-order valence-electron chi connectivity index (χ0n) is 16.4. The Hall–Kier alpha value is -1.88. The van der Waals surface area contributed by atoms with Crippen molar-refractivity contribution in [3.05, 3.63) is 29.8 Å². The molecule has 0 spiro atoms. The summed E-state index contributed by atoms with van der Waals surface area (Å²) < 4.78 is 6.00. The summed E-state index contributed by atoms with van der Waals surface area (Å²) in [5, 5.41) is 5.58. The Bertz CT molecular complexity index is 615. The van der Waals surface area contributed by atoms with Crippen molar-refractivity contribution in [2.24, 2.45) is 17.8 Å². The highest BCUT2D eigenvalue weighted by Gasteiger charge is 2.31. The zero-order chi connectivity index (χ0) is 19.1. The highest BCUT2D eigenvalue weighted by molar-refractivity contribution is 6.03. The molecule has 1 aromatic rings. The lowest BCUT2D eigenvalue weighted by atomic mass is 9.75. The van der Waals surface area contributed by atoms with Crippen LogP contribution in [0.1, 0.15) is 57.3 Å². The van der Waals surface area contributed by atoms with Crippen molar-refractivity contribution in [1.29, 1.82) is 0 Å². The second-order valence-electron chi connectivity index (χ2n) is 7.63. The molecule has 3 atom stereocenters. The molecule has 2 amide bonds. The van der Waals surface area contributed by atoms with Crippen molar-refractivity contribution in [2.45, 2.75) is 53.1 Å². The lowest BCUT2D eigenvalue weighted by Crippen LogP contribution is -2.36. The molecule has 1 fully saturated rings. The van der Waals surface area contributed by atoms with Crippen molar-refractivity contribution in [2.75, 3.05) is 18.5 Å². The molecule has 0 aromatic heterocycles. The third kappa shape index (κ3) is 5.56. The minimum atomic E-state index is -0.220. The van der Waals surface area contributed by atoms with Gasteiger partial charge in [0.2, 0.25) is 5.91 Å². The maximum atomic E-state index is 12.4. The summed E-state index contributed by atoms with van der Waals surface area (Å²) in [7, 11) is 0. The molecule has 1 aromatic carbocycles. The summed E-state index contributed by atoms with van der Waals surface area (Å²) in [4.78, 5) is 24.5. The van der Waals surface area contributed by atoms with Crippen molar-refractivity contribution in [3.8, 4) is 0 Å². The number of carbonyl (C=O) groups excluding carboxylic acids is 2. The second-order valence-corrected chi connectivity index (χ2v) is 7.63. The molecule has 0 heterocycles. The average Bonchev–Trinajstić information content (AvgIpc) is 2.60. The lowest BCUT2D eigenvalue weighted by Gasteiger charge is -2.37. The van der Waals surface area contributed by atoms with Crippen LogP contribution in [0, 0.1) is 17.8 Å². The van der Waals surface area contributed by atoms with Gasteiger partial charge in [-0.2, -0.15) is 0 Å². The molecule has 0 bridgehead atoms. The van der Waals surface area contributed by atoms with E-state index in [0.29, 0.717) is 35.5 Å². The Balaban J connectivity index is 1.95. The molecule has 0 aliphatic heterocycles. The van der Waals surface area contributed by atoms with Gasteiger partial charge in [-0.15, -0.1) is 0 Å². The van der Waals surface area contributed by atoms with Gasteiger partial charge >= 0.3 is 0 Å². The van der Waals surface area contributed by atoms with Gasteiger partial charge in [0, 0.05) is 6.54 Å². The Kier molecular flexibility index (Phi) is 7.64. The first-order valence-corrected chi connectivity index (χ1v) is 9.71. The maximum Gasteiger partial charge on any atom is 0.253 e. The third-order valence-electron chi connectivity index (χ3n) is 5.17. The summed E-state index contributed by atoms with van der Waals surface area (Å²) >= 11 is 0. The van der Waals surface area contributed by atoms with Crippen molar-refractivity contribution < 1.29 is 14.3 Å². The summed E-state index contributed by atoms with van der Waals surface area (Å²) in [6.45, 7) is 9.11. The molecular weight excluding hydrogens is 328 g/mol. The van der Waals surface area contributed by atoms with Gasteiger partial charge in [-0.25, -0.2) is 0 Å². The van der Waals surface area contributed by atoms with E-state index < -0.39 is 0 Å². The van der Waals surface area contributed by atoms with Gasteiger partial charge in [-0.3, -0.25) is 9.59 Å². The van der Waals surface area contributed by atoms with Gasteiger partial charge in [-0.05, 0) is 49.7 Å². The number of para-hydroxylation sites is 1. The van der Waals surface area contributed by atoms with Gasteiger partial charge in [0.25, 0.3) is 5.91 Å². The predicted molar refractivity (Wildman–Crippen MR) is 104 cm³/mol. The first kappa shape index (κ1) is 20.4. The van der Waals surface area contributed by atoms with Crippen LogP contribution in [0.3, 0.4) is 0 Å². The number of nitrogens with one attached hydrogen (secondary N) is 2. The number of hydrogen-bond acceptors (Lipinski definition) is 3. The number of anilines is 1. The first-order valence-electron chi connectivity index (χ1n) is 9.71. The smallest absolute Gasteiger partial charge is 0.253 e. The van der Waals surface area contributed by atoms with Gasteiger partial charge in [0.1, 0.15) is 6.61 Å². The average molecular weight is 360 g/mol. The first-order chi connectivity index (χ1) is 12.4. The molecule has 5 nitrogen and oxygen atoms in total. The number of amides is 2. The van der Waals surface area contributed by atoms with E-state index in [0.717, 1.165) is 12.8 Å². The normalized spacial score (nSPS) is 22.9. The molecule has 2 N–H and O–H groups in total. The van der Waals surface area contributed by atoms with Crippen LogP contribution in [-0.2, 0) is 9.53 Å². The van der Waals surface area contributed by atoms with Gasteiger partial charge in [-0.1, -0.05) is 39.3 Å². The number of carbonyl (C=O) groups is 2. The van der Waals surface area contributed by atoms with Crippen LogP contribution in [0.25, 0.3) is 0 Å². The fraction of sp³-hybridized carbons (Fsp3) is 0.619. The molecule has 1 aliphatic rings. The van der Waals surface area contributed by atoms with Crippen molar-refractivity contribution in [1.82, 2.24) is 5.32 Å². The Labute approximate surface area is 156 Å². The largest absolute Gasteiger partial charge is 0.368 e. The Morgan fingerprint density at radius 1 is 1.23 bits per heavy atom. The van der Waals surface area contributed by atoms with E-state index in [-0.39, 0.29) is 24.5 Å². The quantitative estimate of drug-likeness (QED) is 0.776. The second kappa shape index (κ2) is 9.72. The number of ether oxygens (including phenoxy) is 1. The van der Waals surface area contributed by atoms with E-state index in [1.807, 2.05) is 6.92 Å². The van der Waals surface area contributed by atoms with E-state index >= 15 is 0 Å². The molecule has 3 unspecified atom stereocenters. The summed E-state index contributed by atoms with van der Waals surface area (Å²) in [5.74, 6) is 1.28. The maximum absolute atomic E-state index is 12.4. The van der Waals surface area contributed by atoms with Crippen LogP contribution in [0.15, 0.2) is 24.3 Å². The van der Waals surface area contributed by atoms with E-state index in [1.165, 1.54) is 6.42 Å². The lowest BCUT2D eigenvalue weighted by molar-refractivity contribution is -0.126. The van der Waals surface area contributed by atoms with Crippen LogP contribution in [-0.4, -0.2) is 31.1 Å². The van der Waals surface area contributed by atoms with Crippen LogP contribution in [0.4, 0.5) is 5.69 Å².